The Hall–Kier alpha value is -0.570. The summed E-state index contributed by atoms with van der Waals surface area (Å²) >= 11 is 5.95. The normalized spacial score (nSPS) is 10.6. The largest absolute Gasteiger partial charge is 0.383 e. The molecule has 0 saturated heterocycles. The third-order valence-electron chi connectivity index (χ3n) is 2.30. The second kappa shape index (κ2) is 6.83. The van der Waals surface area contributed by atoms with Gasteiger partial charge in [-0.15, -0.1) is 0 Å². The van der Waals surface area contributed by atoms with E-state index in [2.05, 4.69) is 17.4 Å². The summed E-state index contributed by atoms with van der Waals surface area (Å²) in [6.45, 7) is 4.68. The molecular formula is C12H18ClNO. The Morgan fingerprint density at radius 3 is 2.80 bits per heavy atom. The third kappa shape index (κ3) is 4.65. The van der Waals surface area contributed by atoms with E-state index in [9.17, 15) is 0 Å². The highest BCUT2D eigenvalue weighted by atomic mass is 35.5. The average Bonchev–Trinajstić information content (AvgIpc) is 2.23. The molecule has 0 radical (unpaired) electrons. The Kier molecular flexibility index (Phi) is 5.69. The first-order valence-electron chi connectivity index (χ1n) is 5.18. The number of hydrogen-bond acceptors (Lipinski definition) is 2. The van der Waals surface area contributed by atoms with Gasteiger partial charge in [-0.3, -0.25) is 0 Å². The molecule has 0 spiro atoms. The van der Waals surface area contributed by atoms with Gasteiger partial charge in [0.1, 0.15) is 0 Å². The Balaban J connectivity index is 2.28. The summed E-state index contributed by atoms with van der Waals surface area (Å²) in [6.07, 6.45) is 1.03. The van der Waals surface area contributed by atoms with Crippen LogP contribution < -0.4 is 5.32 Å². The fourth-order valence-electron chi connectivity index (χ4n) is 1.39. The Morgan fingerprint density at radius 2 is 2.13 bits per heavy atom. The molecule has 0 aliphatic rings. The fraction of sp³-hybridized carbons (Fsp3) is 0.500. The van der Waals surface area contributed by atoms with Crippen molar-refractivity contribution in [2.24, 2.45) is 0 Å². The number of ether oxygens (including phenoxy) is 1. The van der Waals surface area contributed by atoms with Crippen LogP contribution in [0.5, 0.6) is 0 Å². The van der Waals surface area contributed by atoms with Crippen LogP contribution >= 0.6 is 11.6 Å². The van der Waals surface area contributed by atoms with Crippen molar-refractivity contribution in [3.8, 4) is 0 Å². The number of methoxy groups -OCH3 is 1. The zero-order chi connectivity index (χ0) is 11.1. The summed E-state index contributed by atoms with van der Waals surface area (Å²) in [5, 5.41) is 4.15. The molecule has 1 aromatic carbocycles. The van der Waals surface area contributed by atoms with Crippen LogP contribution in [0.1, 0.15) is 11.1 Å². The predicted octanol–water partition coefficient (Wildman–Crippen LogP) is 2.43. The minimum atomic E-state index is 0.764. The van der Waals surface area contributed by atoms with Gasteiger partial charge in [-0.1, -0.05) is 23.7 Å². The van der Waals surface area contributed by atoms with Crippen molar-refractivity contribution in [2.45, 2.75) is 13.3 Å². The van der Waals surface area contributed by atoms with Crippen LogP contribution in [0.25, 0.3) is 0 Å². The van der Waals surface area contributed by atoms with Crippen LogP contribution in [0.4, 0.5) is 0 Å². The molecule has 1 aromatic rings. The van der Waals surface area contributed by atoms with Gasteiger partial charge < -0.3 is 10.1 Å². The lowest BCUT2D eigenvalue weighted by atomic mass is 10.1. The van der Waals surface area contributed by atoms with Crippen molar-refractivity contribution < 1.29 is 4.74 Å². The Bertz CT molecular complexity index is 302. The molecule has 0 saturated carbocycles. The topological polar surface area (TPSA) is 21.3 Å². The standard InChI is InChI=1S/C12H18ClNO/c1-10-9-11(3-4-12(10)13)5-6-14-7-8-15-2/h3-4,9,14H,5-8H2,1-2H3. The first-order chi connectivity index (χ1) is 7.24. The Labute approximate surface area is 96.6 Å². The predicted molar refractivity (Wildman–Crippen MR) is 64.6 cm³/mol. The highest BCUT2D eigenvalue weighted by Crippen LogP contribution is 2.16. The van der Waals surface area contributed by atoms with E-state index in [1.807, 2.05) is 13.0 Å². The molecular weight excluding hydrogens is 210 g/mol. The van der Waals surface area contributed by atoms with E-state index in [1.54, 1.807) is 7.11 Å². The van der Waals surface area contributed by atoms with Crippen molar-refractivity contribution in [3.63, 3.8) is 0 Å². The highest BCUT2D eigenvalue weighted by molar-refractivity contribution is 6.31. The summed E-state index contributed by atoms with van der Waals surface area (Å²) in [4.78, 5) is 0. The maximum Gasteiger partial charge on any atom is 0.0587 e. The number of nitrogens with one attached hydrogen (secondary N) is 1. The number of aryl methyl sites for hydroxylation is 1. The molecule has 1 rings (SSSR count). The van der Waals surface area contributed by atoms with Crippen LogP contribution in [0, 0.1) is 6.92 Å². The van der Waals surface area contributed by atoms with Crippen LogP contribution in [0.15, 0.2) is 18.2 Å². The molecule has 2 nitrogen and oxygen atoms in total. The van der Waals surface area contributed by atoms with E-state index in [0.717, 1.165) is 36.7 Å². The lowest BCUT2D eigenvalue weighted by Gasteiger charge is -2.05. The van der Waals surface area contributed by atoms with Crippen LogP contribution in [0.2, 0.25) is 5.02 Å². The van der Waals surface area contributed by atoms with Gasteiger partial charge in [-0.25, -0.2) is 0 Å². The summed E-state index contributed by atoms with van der Waals surface area (Å²) in [5.74, 6) is 0. The van der Waals surface area contributed by atoms with E-state index in [-0.39, 0.29) is 0 Å². The fourth-order valence-corrected chi connectivity index (χ4v) is 1.51. The van der Waals surface area contributed by atoms with Gasteiger partial charge in [0, 0.05) is 18.7 Å². The lowest BCUT2D eigenvalue weighted by molar-refractivity contribution is 0.199. The van der Waals surface area contributed by atoms with Gasteiger partial charge in [0.2, 0.25) is 0 Å². The van der Waals surface area contributed by atoms with Crippen LogP contribution in [-0.2, 0) is 11.2 Å². The van der Waals surface area contributed by atoms with Gasteiger partial charge in [0.15, 0.2) is 0 Å². The van der Waals surface area contributed by atoms with Crippen molar-refractivity contribution in [1.82, 2.24) is 5.32 Å². The number of halogens is 1. The van der Waals surface area contributed by atoms with Gasteiger partial charge in [-0.2, -0.15) is 0 Å². The quantitative estimate of drug-likeness (QED) is 0.754. The van der Waals surface area contributed by atoms with E-state index in [0.29, 0.717) is 0 Å². The van der Waals surface area contributed by atoms with Gasteiger partial charge in [0.05, 0.1) is 6.61 Å². The monoisotopic (exact) mass is 227 g/mol. The van der Waals surface area contributed by atoms with Crippen molar-refractivity contribution in [3.05, 3.63) is 34.3 Å². The Morgan fingerprint density at radius 1 is 1.33 bits per heavy atom. The lowest BCUT2D eigenvalue weighted by Crippen LogP contribution is -2.21. The van der Waals surface area contributed by atoms with Crippen molar-refractivity contribution >= 4 is 11.6 Å². The van der Waals surface area contributed by atoms with E-state index < -0.39 is 0 Å². The van der Waals surface area contributed by atoms with E-state index in [1.165, 1.54) is 5.56 Å². The summed E-state index contributed by atoms with van der Waals surface area (Å²) in [7, 11) is 1.71. The molecule has 0 bridgehead atoms. The van der Waals surface area contributed by atoms with Crippen molar-refractivity contribution in [2.75, 3.05) is 26.8 Å². The van der Waals surface area contributed by atoms with E-state index >= 15 is 0 Å². The number of hydrogen-bond donors (Lipinski definition) is 1. The molecule has 0 amide bonds. The highest BCUT2D eigenvalue weighted by Gasteiger charge is 1.97. The molecule has 0 heterocycles. The second-order valence-corrected chi connectivity index (χ2v) is 3.98. The van der Waals surface area contributed by atoms with Gasteiger partial charge in [-0.05, 0) is 37.1 Å². The molecule has 84 valence electrons. The molecule has 0 aliphatic carbocycles. The zero-order valence-electron chi connectivity index (χ0n) is 9.35. The minimum absolute atomic E-state index is 0.764. The van der Waals surface area contributed by atoms with Gasteiger partial charge >= 0.3 is 0 Å². The molecule has 0 aromatic heterocycles. The summed E-state index contributed by atoms with van der Waals surface area (Å²) in [6, 6.07) is 6.18. The second-order valence-electron chi connectivity index (χ2n) is 3.58. The molecule has 0 aliphatic heterocycles. The zero-order valence-corrected chi connectivity index (χ0v) is 10.1. The van der Waals surface area contributed by atoms with Crippen LogP contribution in [-0.4, -0.2) is 26.8 Å². The maximum atomic E-state index is 5.95. The molecule has 0 atom stereocenters. The van der Waals surface area contributed by atoms with Gasteiger partial charge in [0.25, 0.3) is 0 Å². The third-order valence-corrected chi connectivity index (χ3v) is 2.72. The maximum absolute atomic E-state index is 5.95. The average molecular weight is 228 g/mol. The molecule has 1 N–H and O–H groups in total. The smallest absolute Gasteiger partial charge is 0.0587 e. The molecule has 0 unspecified atom stereocenters. The molecule has 3 heteroatoms. The first-order valence-corrected chi connectivity index (χ1v) is 5.56. The summed E-state index contributed by atoms with van der Waals surface area (Å²) in [5.41, 5.74) is 2.47. The SMILES string of the molecule is COCCNCCc1ccc(Cl)c(C)c1. The molecule has 0 fully saturated rings. The van der Waals surface area contributed by atoms with Crippen LogP contribution in [0.3, 0.4) is 0 Å². The van der Waals surface area contributed by atoms with Crippen molar-refractivity contribution in [1.29, 1.82) is 0 Å². The summed E-state index contributed by atoms with van der Waals surface area (Å²) < 4.78 is 4.95. The molecule has 15 heavy (non-hydrogen) atoms. The minimum Gasteiger partial charge on any atom is -0.383 e. The number of benzene rings is 1. The van der Waals surface area contributed by atoms with E-state index in [4.69, 9.17) is 16.3 Å². The number of rotatable bonds is 6. The first kappa shape index (κ1) is 12.5.